The molecular weight excluding hydrogens is 178 g/mol. The van der Waals surface area contributed by atoms with Gasteiger partial charge in [0.15, 0.2) is 0 Å². The lowest BCUT2D eigenvalue weighted by molar-refractivity contribution is 0.440. The van der Waals surface area contributed by atoms with Crippen LogP contribution in [0.15, 0.2) is 0 Å². The third-order valence-corrected chi connectivity index (χ3v) is 2.75. The number of hydrogen-bond acceptors (Lipinski definition) is 1. The number of alkyl halides is 1. The maximum Gasteiger partial charge on any atom is 0.0655 e. The molecule has 0 aliphatic heterocycles. The Morgan fingerprint density at radius 3 is 2.22 bits per heavy atom. The van der Waals surface area contributed by atoms with Gasteiger partial charge in [0.2, 0.25) is 0 Å². The fourth-order valence-electron chi connectivity index (χ4n) is 1.18. The van der Waals surface area contributed by atoms with Gasteiger partial charge in [-0.1, -0.05) is 15.9 Å². The van der Waals surface area contributed by atoms with E-state index in [2.05, 4.69) is 22.0 Å². The van der Waals surface area contributed by atoms with E-state index >= 15 is 0 Å². The molecule has 0 unspecified atom stereocenters. The van der Waals surface area contributed by atoms with Crippen molar-refractivity contribution in [2.75, 3.05) is 0 Å². The van der Waals surface area contributed by atoms with Crippen LogP contribution in [0.5, 0.6) is 0 Å². The predicted octanol–water partition coefficient (Wildman–Crippen LogP) is 2.46. The molecule has 0 saturated heterocycles. The van der Waals surface area contributed by atoms with Gasteiger partial charge >= 0.3 is 0 Å². The standard InChI is InChI=1S/C7H10BrN/c8-7-3-1-6(5-9)2-4-7/h6-7H,1-4H2. The normalized spacial score (nSPS) is 35.6. The summed E-state index contributed by atoms with van der Waals surface area (Å²) >= 11 is 3.54. The molecule has 0 radical (unpaired) electrons. The van der Waals surface area contributed by atoms with E-state index in [0.29, 0.717) is 10.7 Å². The van der Waals surface area contributed by atoms with Crippen LogP contribution >= 0.6 is 15.9 Å². The Bertz CT molecular complexity index is 119. The fraction of sp³-hybridized carbons (Fsp3) is 0.857. The Morgan fingerprint density at radius 1 is 1.22 bits per heavy atom. The van der Waals surface area contributed by atoms with Gasteiger partial charge in [-0.05, 0) is 25.7 Å². The summed E-state index contributed by atoms with van der Waals surface area (Å²) in [5.74, 6) is 0.346. The highest BCUT2D eigenvalue weighted by Gasteiger charge is 2.17. The largest absolute Gasteiger partial charge is 0.198 e. The van der Waals surface area contributed by atoms with Crippen molar-refractivity contribution in [3.05, 3.63) is 0 Å². The van der Waals surface area contributed by atoms with Gasteiger partial charge in [0.25, 0.3) is 0 Å². The Balaban J connectivity index is 2.28. The van der Waals surface area contributed by atoms with Crippen molar-refractivity contribution in [3.8, 4) is 6.07 Å². The molecule has 0 heterocycles. The number of halogens is 1. The van der Waals surface area contributed by atoms with Crippen LogP contribution in [-0.2, 0) is 0 Å². The van der Waals surface area contributed by atoms with Gasteiger partial charge in [-0.2, -0.15) is 5.26 Å². The molecule has 50 valence electrons. The highest BCUT2D eigenvalue weighted by Crippen LogP contribution is 2.27. The first-order valence-electron chi connectivity index (χ1n) is 3.36. The lowest BCUT2D eigenvalue weighted by Crippen LogP contribution is -2.11. The minimum Gasteiger partial charge on any atom is -0.198 e. The summed E-state index contributed by atoms with van der Waals surface area (Å²) in [7, 11) is 0. The summed E-state index contributed by atoms with van der Waals surface area (Å²) in [6, 6.07) is 2.30. The molecule has 0 aromatic rings. The molecule has 0 bridgehead atoms. The van der Waals surface area contributed by atoms with Crippen LogP contribution in [0.3, 0.4) is 0 Å². The van der Waals surface area contributed by atoms with Gasteiger partial charge in [0, 0.05) is 10.7 Å². The zero-order valence-corrected chi connectivity index (χ0v) is 6.89. The average Bonchev–Trinajstić information content (AvgIpc) is 1.90. The van der Waals surface area contributed by atoms with Gasteiger partial charge in [-0.15, -0.1) is 0 Å². The summed E-state index contributed by atoms with van der Waals surface area (Å²) in [6.45, 7) is 0. The van der Waals surface area contributed by atoms with Crippen LogP contribution in [0, 0.1) is 17.2 Å². The monoisotopic (exact) mass is 187 g/mol. The van der Waals surface area contributed by atoms with Gasteiger partial charge < -0.3 is 0 Å². The Morgan fingerprint density at radius 2 is 1.78 bits per heavy atom. The first-order chi connectivity index (χ1) is 4.33. The summed E-state index contributed by atoms with van der Waals surface area (Å²) < 4.78 is 0. The SMILES string of the molecule is N#CC1CCC(Br)CC1. The topological polar surface area (TPSA) is 23.8 Å². The maximum absolute atomic E-state index is 8.51. The van der Waals surface area contributed by atoms with Crippen molar-refractivity contribution in [3.63, 3.8) is 0 Å². The van der Waals surface area contributed by atoms with Crippen LogP contribution in [0.4, 0.5) is 0 Å². The zero-order chi connectivity index (χ0) is 6.69. The molecule has 1 fully saturated rings. The van der Waals surface area contributed by atoms with Crippen molar-refractivity contribution in [1.29, 1.82) is 5.26 Å². The minimum atomic E-state index is 0.346. The van der Waals surface area contributed by atoms with Gasteiger partial charge in [-0.25, -0.2) is 0 Å². The van der Waals surface area contributed by atoms with Crippen LogP contribution < -0.4 is 0 Å². The Labute approximate surface area is 64.2 Å². The highest BCUT2D eigenvalue weighted by molar-refractivity contribution is 9.09. The smallest absolute Gasteiger partial charge is 0.0655 e. The summed E-state index contributed by atoms with van der Waals surface area (Å²) in [5, 5.41) is 8.51. The van der Waals surface area contributed by atoms with E-state index in [-0.39, 0.29) is 0 Å². The van der Waals surface area contributed by atoms with E-state index in [1.165, 1.54) is 12.8 Å². The van der Waals surface area contributed by atoms with Gasteiger partial charge in [-0.3, -0.25) is 0 Å². The number of rotatable bonds is 0. The number of nitriles is 1. The molecule has 2 heteroatoms. The molecule has 9 heavy (non-hydrogen) atoms. The quantitative estimate of drug-likeness (QED) is 0.535. The predicted molar refractivity (Wildman–Crippen MR) is 40.3 cm³/mol. The third-order valence-electron chi connectivity index (χ3n) is 1.84. The molecule has 1 saturated carbocycles. The van der Waals surface area contributed by atoms with Crippen molar-refractivity contribution in [1.82, 2.24) is 0 Å². The van der Waals surface area contributed by atoms with Crippen LogP contribution in [0.25, 0.3) is 0 Å². The first-order valence-corrected chi connectivity index (χ1v) is 4.28. The molecule has 0 aromatic carbocycles. The minimum absolute atomic E-state index is 0.346. The molecule has 1 rings (SSSR count). The van der Waals surface area contributed by atoms with Crippen LogP contribution in [-0.4, -0.2) is 4.83 Å². The van der Waals surface area contributed by atoms with Crippen molar-refractivity contribution in [2.24, 2.45) is 5.92 Å². The molecular formula is C7H10BrN. The van der Waals surface area contributed by atoms with E-state index in [9.17, 15) is 0 Å². The van der Waals surface area contributed by atoms with E-state index in [1.807, 2.05) is 0 Å². The lowest BCUT2D eigenvalue weighted by Gasteiger charge is -2.19. The molecule has 0 N–H and O–H groups in total. The van der Waals surface area contributed by atoms with Crippen molar-refractivity contribution < 1.29 is 0 Å². The van der Waals surface area contributed by atoms with Crippen LogP contribution in [0.2, 0.25) is 0 Å². The molecule has 1 aliphatic carbocycles. The number of hydrogen-bond donors (Lipinski definition) is 0. The average molecular weight is 188 g/mol. The molecule has 0 spiro atoms. The highest BCUT2D eigenvalue weighted by atomic mass is 79.9. The second kappa shape index (κ2) is 3.22. The van der Waals surface area contributed by atoms with E-state index < -0.39 is 0 Å². The molecule has 1 aliphatic rings. The zero-order valence-electron chi connectivity index (χ0n) is 5.31. The second-order valence-corrected chi connectivity index (χ2v) is 3.87. The van der Waals surface area contributed by atoms with Crippen LogP contribution in [0.1, 0.15) is 25.7 Å². The first kappa shape index (κ1) is 7.08. The van der Waals surface area contributed by atoms with Gasteiger partial charge in [0.1, 0.15) is 0 Å². The van der Waals surface area contributed by atoms with Crippen molar-refractivity contribution in [2.45, 2.75) is 30.5 Å². The lowest BCUT2D eigenvalue weighted by atomic mass is 9.90. The molecule has 0 atom stereocenters. The molecule has 0 aromatic heterocycles. The third kappa shape index (κ3) is 1.98. The van der Waals surface area contributed by atoms with E-state index in [1.54, 1.807) is 0 Å². The van der Waals surface area contributed by atoms with Crippen molar-refractivity contribution >= 4 is 15.9 Å². The van der Waals surface area contributed by atoms with E-state index in [0.717, 1.165) is 12.8 Å². The molecule has 1 nitrogen and oxygen atoms in total. The van der Waals surface area contributed by atoms with Gasteiger partial charge in [0.05, 0.1) is 6.07 Å². The summed E-state index contributed by atoms with van der Waals surface area (Å²) in [6.07, 6.45) is 4.54. The fourth-order valence-corrected chi connectivity index (χ4v) is 1.71. The summed E-state index contributed by atoms with van der Waals surface area (Å²) in [5.41, 5.74) is 0. The molecule has 0 amide bonds. The second-order valence-electron chi connectivity index (χ2n) is 2.58. The maximum atomic E-state index is 8.51. The number of nitrogens with zero attached hydrogens (tertiary/aromatic N) is 1. The Kier molecular flexibility index (Phi) is 2.53. The Hall–Kier alpha value is -0.0300. The van der Waals surface area contributed by atoms with E-state index in [4.69, 9.17) is 5.26 Å². The summed E-state index contributed by atoms with van der Waals surface area (Å²) in [4.78, 5) is 0.682.